The van der Waals surface area contributed by atoms with Crippen molar-refractivity contribution in [3.63, 3.8) is 0 Å². The first-order valence-electron chi connectivity index (χ1n) is 5.12. The number of hydrogen-bond donors (Lipinski definition) is 2. The van der Waals surface area contributed by atoms with Gasteiger partial charge in [-0.05, 0) is 13.8 Å². The molecule has 2 N–H and O–H groups in total. The summed E-state index contributed by atoms with van der Waals surface area (Å²) in [5.74, 6) is 0.863. The number of hydrogen-bond acceptors (Lipinski definition) is 4. The molecule has 1 rings (SSSR count). The van der Waals surface area contributed by atoms with Gasteiger partial charge in [0.2, 0.25) is 5.91 Å². The molecule has 0 unspecified atom stereocenters. The van der Waals surface area contributed by atoms with Gasteiger partial charge in [-0.25, -0.2) is 0 Å². The Morgan fingerprint density at radius 2 is 2.40 bits per heavy atom. The van der Waals surface area contributed by atoms with Crippen molar-refractivity contribution in [2.24, 2.45) is 0 Å². The first-order chi connectivity index (χ1) is 7.22. The Morgan fingerprint density at radius 3 is 3.00 bits per heavy atom. The molecule has 1 aromatic heterocycles. The van der Waals surface area contributed by atoms with Crippen LogP contribution in [-0.2, 0) is 11.3 Å². The molecule has 1 amide bonds. The van der Waals surface area contributed by atoms with E-state index in [2.05, 4.69) is 15.8 Å². The summed E-state index contributed by atoms with van der Waals surface area (Å²) in [5.41, 5.74) is 0.871. The van der Waals surface area contributed by atoms with Crippen LogP contribution in [0.4, 0.5) is 0 Å². The molecule has 0 aliphatic carbocycles. The highest BCUT2D eigenvalue weighted by Crippen LogP contribution is 2.00. The lowest BCUT2D eigenvalue weighted by Crippen LogP contribution is -2.27. The summed E-state index contributed by atoms with van der Waals surface area (Å²) in [4.78, 5) is 11.1. The molecule has 15 heavy (non-hydrogen) atoms. The van der Waals surface area contributed by atoms with Crippen molar-refractivity contribution < 1.29 is 9.32 Å². The molecule has 5 nitrogen and oxygen atoms in total. The minimum Gasteiger partial charge on any atom is -0.360 e. The second-order valence-corrected chi connectivity index (χ2v) is 3.31. The maximum Gasteiger partial charge on any atom is 0.221 e. The topological polar surface area (TPSA) is 67.2 Å². The zero-order valence-electron chi connectivity index (χ0n) is 9.17. The number of nitrogens with zero attached hydrogens (tertiary/aromatic N) is 1. The SMILES string of the molecule is CCNC(=O)CCNCc1cc(C)no1. The highest BCUT2D eigenvalue weighted by molar-refractivity contribution is 5.75. The molecule has 0 spiro atoms. The minimum atomic E-state index is 0.0683. The van der Waals surface area contributed by atoms with Gasteiger partial charge in [-0.15, -0.1) is 0 Å². The van der Waals surface area contributed by atoms with Crippen LogP contribution in [0.2, 0.25) is 0 Å². The maximum absolute atomic E-state index is 11.1. The summed E-state index contributed by atoms with van der Waals surface area (Å²) in [6.45, 7) is 5.72. The van der Waals surface area contributed by atoms with Gasteiger partial charge in [0.1, 0.15) is 0 Å². The summed E-state index contributed by atoms with van der Waals surface area (Å²) >= 11 is 0. The third-order valence-corrected chi connectivity index (χ3v) is 1.88. The monoisotopic (exact) mass is 211 g/mol. The Balaban J connectivity index is 2.09. The second kappa shape index (κ2) is 6.19. The fourth-order valence-electron chi connectivity index (χ4n) is 1.20. The summed E-state index contributed by atoms with van der Waals surface area (Å²) in [5, 5.41) is 9.61. The van der Waals surface area contributed by atoms with E-state index in [1.54, 1.807) is 0 Å². The number of carbonyl (C=O) groups is 1. The molecule has 0 aromatic carbocycles. The van der Waals surface area contributed by atoms with E-state index in [9.17, 15) is 4.79 Å². The van der Waals surface area contributed by atoms with E-state index in [4.69, 9.17) is 4.52 Å². The van der Waals surface area contributed by atoms with Crippen LogP contribution in [0.3, 0.4) is 0 Å². The van der Waals surface area contributed by atoms with E-state index in [0.717, 1.165) is 11.5 Å². The van der Waals surface area contributed by atoms with E-state index in [1.165, 1.54) is 0 Å². The minimum absolute atomic E-state index is 0.0683. The van der Waals surface area contributed by atoms with Crippen molar-refractivity contribution in [2.45, 2.75) is 26.8 Å². The molecule has 1 heterocycles. The number of rotatable bonds is 6. The molecule has 1 aromatic rings. The van der Waals surface area contributed by atoms with Gasteiger partial charge in [0.25, 0.3) is 0 Å². The average molecular weight is 211 g/mol. The average Bonchev–Trinajstić information content (AvgIpc) is 2.60. The van der Waals surface area contributed by atoms with Crippen molar-refractivity contribution in [2.75, 3.05) is 13.1 Å². The van der Waals surface area contributed by atoms with Gasteiger partial charge in [-0.2, -0.15) is 0 Å². The zero-order chi connectivity index (χ0) is 11.1. The van der Waals surface area contributed by atoms with Gasteiger partial charge in [-0.1, -0.05) is 5.16 Å². The summed E-state index contributed by atoms with van der Waals surface area (Å²) in [7, 11) is 0. The Kier molecular flexibility index (Phi) is 4.83. The van der Waals surface area contributed by atoms with Crippen LogP contribution in [0.25, 0.3) is 0 Å². The van der Waals surface area contributed by atoms with Gasteiger partial charge < -0.3 is 15.2 Å². The highest BCUT2D eigenvalue weighted by Gasteiger charge is 2.01. The maximum atomic E-state index is 11.1. The van der Waals surface area contributed by atoms with Crippen LogP contribution in [0.15, 0.2) is 10.6 Å². The van der Waals surface area contributed by atoms with Crippen LogP contribution in [-0.4, -0.2) is 24.2 Å². The number of carbonyl (C=O) groups excluding carboxylic acids is 1. The van der Waals surface area contributed by atoms with Crippen LogP contribution < -0.4 is 10.6 Å². The fraction of sp³-hybridized carbons (Fsp3) is 0.600. The Labute approximate surface area is 89.2 Å². The molecular weight excluding hydrogens is 194 g/mol. The molecule has 0 aliphatic heterocycles. The lowest BCUT2D eigenvalue weighted by molar-refractivity contribution is -0.120. The first-order valence-corrected chi connectivity index (χ1v) is 5.12. The van der Waals surface area contributed by atoms with Crippen molar-refractivity contribution in [3.8, 4) is 0 Å². The normalized spacial score (nSPS) is 10.3. The molecular formula is C10H17N3O2. The van der Waals surface area contributed by atoms with Gasteiger partial charge in [0, 0.05) is 25.6 Å². The largest absolute Gasteiger partial charge is 0.360 e. The fourth-order valence-corrected chi connectivity index (χ4v) is 1.20. The predicted molar refractivity (Wildman–Crippen MR) is 56.2 cm³/mol. The third kappa shape index (κ3) is 4.60. The molecule has 0 saturated heterocycles. The molecule has 0 bridgehead atoms. The smallest absolute Gasteiger partial charge is 0.221 e. The number of aromatic nitrogens is 1. The third-order valence-electron chi connectivity index (χ3n) is 1.88. The van der Waals surface area contributed by atoms with Crippen LogP contribution in [0, 0.1) is 6.92 Å². The predicted octanol–water partition coefficient (Wildman–Crippen LogP) is 0.599. The molecule has 0 fully saturated rings. The van der Waals surface area contributed by atoms with E-state index in [0.29, 0.717) is 26.1 Å². The second-order valence-electron chi connectivity index (χ2n) is 3.31. The summed E-state index contributed by atoms with van der Waals surface area (Å²) < 4.78 is 5.01. The molecule has 0 radical (unpaired) electrons. The lowest BCUT2D eigenvalue weighted by Gasteiger charge is -2.02. The van der Waals surface area contributed by atoms with Crippen molar-refractivity contribution in [1.82, 2.24) is 15.8 Å². The van der Waals surface area contributed by atoms with Crippen LogP contribution in [0.1, 0.15) is 24.8 Å². The van der Waals surface area contributed by atoms with E-state index in [-0.39, 0.29) is 5.91 Å². The number of amides is 1. The number of aryl methyl sites for hydroxylation is 1. The highest BCUT2D eigenvalue weighted by atomic mass is 16.5. The van der Waals surface area contributed by atoms with Gasteiger partial charge in [0.15, 0.2) is 5.76 Å². The molecule has 5 heteroatoms. The zero-order valence-corrected chi connectivity index (χ0v) is 9.17. The Morgan fingerprint density at radius 1 is 1.60 bits per heavy atom. The summed E-state index contributed by atoms with van der Waals surface area (Å²) in [6, 6.07) is 1.87. The summed E-state index contributed by atoms with van der Waals surface area (Å²) in [6.07, 6.45) is 0.487. The molecule has 84 valence electrons. The van der Waals surface area contributed by atoms with E-state index in [1.807, 2.05) is 19.9 Å². The molecule has 0 atom stereocenters. The van der Waals surface area contributed by atoms with E-state index >= 15 is 0 Å². The van der Waals surface area contributed by atoms with Crippen LogP contribution in [0.5, 0.6) is 0 Å². The quantitative estimate of drug-likeness (QED) is 0.676. The van der Waals surface area contributed by atoms with Crippen molar-refractivity contribution in [1.29, 1.82) is 0 Å². The standard InChI is InChI=1S/C10H17N3O2/c1-3-12-10(14)4-5-11-7-9-6-8(2)13-15-9/h6,11H,3-5,7H2,1-2H3,(H,12,14). The van der Waals surface area contributed by atoms with Gasteiger partial charge in [0.05, 0.1) is 12.2 Å². The van der Waals surface area contributed by atoms with Crippen molar-refractivity contribution in [3.05, 3.63) is 17.5 Å². The molecule has 0 saturated carbocycles. The first kappa shape index (κ1) is 11.7. The Hall–Kier alpha value is -1.36. The number of nitrogens with one attached hydrogen (secondary N) is 2. The molecule has 0 aliphatic rings. The van der Waals surface area contributed by atoms with Gasteiger partial charge >= 0.3 is 0 Å². The van der Waals surface area contributed by atoms with Crippen molar-refractivity contribution >= 4 is 5.91 Å². The Bertz CT molecular complexity index is 309. The van der Waals surface area contributed by atoms with Gasteiger partial charge in [-0.3, -0.25) is 4.79 Å². The van der Waals surface area contributed by atoms with E-state index < -0.39 is 0 Å². The van der Waals surface area contributed by atoms with Crippen LogP contribution >= 0.6 is 0 Å². The lowest BCUT2D eigenvalue weighted by atomic mass is 10.3.